The van der Waals surface area contributed by atoms with Gasteiger partial charge in [0.2, 0.25) is 0 Å². The molecule has 2 aliphatic rings. The van der Waals surface area contributed by atoms with Gasteiger partial charge in [-0.25, -0.2) is 0 Å². The second-order valence-electron chi connectivity index (χ2n) is 7.22. The van der Waals surface area contributed by atoms with Crippen LogP contribution >= 0.6 is 45.2 Å². The zero-order valence-corrected chi connectivity index (χ0v) is 18.7. The highest BCUT2D eigenvalue weighted by atomic mass is 127. The van der Waals surface area contributed by atoms with Gasteiger partial charge in [-0.1, -0.05) is 60.7 Å². The van der Waals surface area contributed by atoms with Crippen LogP contribution in [0.5, 0.6) is 0 Å². The Morgan fingerprint density at radius 3 is 1.33 bits per heavy atom. The summed E-state index contributed by atoms with van der Waals surface area (Å²) in [6.07, 6.45) is 0. The van der Waals surface area contributed by atoms with Crippen LogP contribution in [0.2, 0.25) is 0 Å². The standard InChI is InChI=1S/C25H14I2/c26-15-9-11-19-20-12-10-16(27)14-24(20)25(23(19)13-15)21-7-3-1-5-17(21)18-6-2-4-8-22(18)25/h1-14H. The zero-order chi connectivity index (χ0) is 18.2. The molecule has 0 amide bonds. The summed E-state index contributed by atoms with van der Waals surface area (Å²) >= 11 is 4.89. The molecule has 0 fully saturated rings. The second kappa shape index (κ2) is 5.67. The zero-order valence-electron chi connectivity index (χ0n) is 14.3. The normalized spacial score (nSPS) is 14.6. The van der Waals surface area contributed by atoms with E-state index in [1.807, 2.05) is 0 Å². The molecule has 0 bridgehead atoms. The molecule has 0 heterocycles. The van der Waals surface area contributed by atoms with Crippen LogP contribution in [-0.4, -0.2) is 0 Å². The van der Waals surface area contributed by atoms with Gasteiger partial charge in [-0.3, -0.25) is 0 Å². The summed E-state index contributed by atoms with van der Waals surface area (Å²) in [5, 5.41) is 0. The van der Waals surface area contributed by atoms with Crippen molar-refractivity contribution in [2.45, 2.75) is 5.41 Å². The lowest BCUT2D eigenvalue weighted by Crippen LogP contribution is -2.26. The van der Waals surface area contributed by atoms with E-state index in [0.717, 1.165) is 0 Å². The quantitative estimate of drug-likeness (QED) is 0.170. The van der Waals surface area contributed by atoms with Crippen molar-refractivity contribution in [3.63, 3.8) is 0 Å². The number of hydrogen-bond donors (Lipinski definition) is 0. The minimum absolute atomic E-state index is 0.208. The number of hydrogen-bond acceptors (Lipinski definition) is 0. The van der Waals surface area contributed by atoms with E-state index in [-0.39, 0.29) is 5.41 Å². The van der Waals surface area contributed by atoms with E-state index in [4.69, 9.17) is 0 Å². The van der Waals surface area contributed by atoms with Crippen LogP contribution in [0.4, 0.5) is 0 Å². The Labute approximate surface area is 185 Å². The second-order valence-corrected chi connectivity index (χ2v) is 9.71. The minimum Gasteiger partial charge on any atom is -0.0619 e. The van der Waals surface area contributed by atoms with Gasteiger partial charge in [0, 0.05) is 7.14 Å². The molecule has 1 spiro atoms. The van der Waals surface area contributed by atoms with Gasteiger partial charge in [0.25, 0.3) is 0 Å². The molecule has 27 heavy (non-hydrogen) atoms. The summed E-state index contributed by atoms with van der Waals surface area (Å²) in [6.45, 7) is 0. The van der Waals surface area contributed by atoms with E-state index in [1.165, 1.54) is 51.6 Å². The summed E-state index contributed by atoms with van der Waals surface area (Å²) < 4.78 is 2.57. The summed E-state index contributed by atoms with van der Waals surface area (Å²) in [7, 11) is 0. The average Bonchev–Trinajstić information content (AvgIpc) is 3.14. The van der Waals surface area contributed by atoms with Crippen molar-refractivity contribution in [1.29, 1.82) is 0 Å². The van der Waals surface area contributed by atoms with Crippen molar-refractivity contribution in [3.8, 4) is 22.3 Å². The Kier molecular flexibility index (Phi) is 3.43. The molecule has 6 rings (SSSR count). The van der Waals surface area contributed by atoms with Gasteiger partial charge < -0.3 is 0 Å². The van der Waals surface area contributed by atoms with Crippen molar-refractivity contribution in [2.75, 3.05) is 0 Å². The van der Waals surface area contributed by atoms with Gasteiger partial charge in [0.05, 0.1) is 5.41 Å². The maximum atomic E-state index is 2.45. The first-order valence-electron chi connectivity index (χ1n) is 9.01. The summed E-state index contributed by atoms with van der Waals surface area (Å²) in [6, 6.07) is 31.8. The van der Waals surface area contributed by atoms with Crippen molar-refractivity contribution in [3.05, 3.63) is 114 Å². The molecule has 0 atom stereocenters. The van der Waals surface area contributed by atoms with Gasteiger partial charge in [0.1, 0.15) is 0 Å². The number of rotatable bonds is 0. The summed E-state index contributed by atoms with van der Waals surface area (Å²) in [4.78, 5) is 0. The van der Waals surface area contributed by atoms with Crippen molar-refractivity contribution in [2.24, 2.45) is 0 Å². The van der Waals surface area contributed by atoms with Crippen LogP contribution in [0.3, 0.4) is 0 Å². The van der Waals surface area contributed by atoms with Crippen molar-refractivity contribution >= 4 is 45.2 Å². The summed E-state index contributed by atoms with van der Waals surface area (Å²) in [5.41, 5.74) is 10.9. The Morgan fingerprint density at radius 2 is 0.852 bits per heavy atom. The van der Waals surface area contributed by atoms with E-state index in [0.29, 0.717) is 0 Å². The number of halogens is 2. The van der Waals surface area contributed by atoms with Crippen LogP contribution < -0.4 is 0 Å². The fourth-order valence-corrected chi connectivity index (χ4v) is 6.07. The first kappa shape index (κ1) is 16.3. The topological polar surface area (TPSA) is 0 Å². The highest BCUT2D eigenvalue weighted by Crippen LogP contribution is 2.62. The van der Waals surface area contributed by atoms with Crippen LogP contribution in [0.15, 0.2) is 84.9 Å². The maximum absolute atomic E-state index is 2.45. The highest BCUT2D eigenvalue weighted by Gasteiger charge is 2.51. The van der Waals surface area contributed by atoms with E-state index in [2.05, 4.69) is 130 Å². The lowest BCUT2D eigenvalue weighted by molar-refractivity contribution is 0.792. The van der Waals surface area contributed by atoms with Crippen LogP contribution in [0.25, 0.3) is 22.3 Å². The Bertz CT molecular complexity index is 1150. The van der Waals surface area contributed by atoms with Gasteiger partial charge in [-0.15, -0.1) is 0 Å². The molecular formula is C25H14I2. The molecule has 2 heteroatoms. The Hall–Kier alpha value is -1.66. The molecule has 0 nitrogen and oxygen atoms in total. The van der Waals surface area contributed by atoms with Gasteiger partial charge in [-0.05, 0) is 114 Å². The number of fused-ring (bicyclic) bond motifs is 10. The Balaban J connectivity index is 1.88. The predicted molar refractivity (Wildman–Crippen MR) is 128 cm³/mol. The van der Waals surface area contributed by atoms with Crippen LogP contribution in [0, 0.1) is 7.14 Å². The molecule has 0 saturated heterocycles. The third-order valence-corrected chi connectivity index (χ3v) is 7.36. The lowest BCUT2D eigenvalue weighted by atomic mass is 9.70. The molecule has 2 aliphatic carbocycles. The maximum Gasteiger partial charge on any atom is 0.0726 e. The van der Waals surface area contributed by atoms with E-state index < -0.39 is 0 Å². The van der Waals surface area contributed by atoms with Crippen LogP contribution in [0.1, 0.15) is 22.3 Å². The lowest BCUT2D eigenvalue weighted by Gasteiger charge is -2.30. The monoisotopic (exact) mass is 568 g/mol. The SMILES string of the molecule is Ic1ccc2c(c1)C1(c3ccccc3-c3ccccc31)c1cc(I)ccc1-2. The first-order chi connectivity index (χ1) is 13.2. The predicted octanol–water partition coefficient (Wildman–Crippen LogP) is 7.24. The molecule has 4 aromatic rings. The average molecular weight is 568 g/mol. The fraction of sp³-hybridized carbons (Fsp3) is 0.0400. The van der Waals surface area contributed by atoms with Gasteiger partial charge >= 0.3 is 0 Å². The molecule has 0 saturated carbocycles. The largest absolute Gasteiger partial charge is 0.0726 e. The molecule has 0 N–H and O–H groups in total. The third kappa shape index (κ3) is 1.98. The smallest absolute Gasteiger partial charge is 0.0619 e. The number of benzene rings is 4. The molecule has 0 unspecified atom stereocenters. The molecule has 128 valence electrons. The van der Waals surface area contributed by atoms with E-state index >= 15 is 0 Å². The molecule has 4 aromatic carbocycles. The van der Waals surface area contributed by atoms with Crippen LogP contribution in [-0.2, 0) is 5.41 Å². The molecule has 0 radical (unpaired) electrons. The first-order valence-corrected chi connectivity index (χ1v) is 11.2. The third-order valence-electron chi connectivity index (χ3n) is 6.01. The fourth-order valence-electron chi connectivity index (χ4n) is 5.08. The molecular weight excluding hydrogens is 554 g/mol. The molecule has 0 aromatic heterocycles. The van der Waals surface area contributed by atoms with E-state index in [1.54, 1.807) is 0 Å². The summed E-state index contributed by atoms with van der Waals surface area (Å²) in [5.74, 6) is 0. The highest BCUT2D eigenvalue weighted by molar-refractivity contribution is 14.1. The van der Waals surface area contributed by atoms with Gasteiger partial charge in [-0.2, -0.15) is 0 Å². The molecule has 0 aliphatic heterocycles. The van der Waals surface area contributed by atoms with Crippen molar-refractivity contribution in [1.82, 2.24) is 0 Å². The van der Waals surface area contributed by atoms with Crippen molar-refractivity contribution < 1.29 is 0 Å². The van der Waals surface area contributed by atoms with Gasteiger partial charge in [0.15, 0.2) is 0 Å². The Morgan fingerprint density at radius 1 is 0.444 bits per heavy atom. The minimum atomic E-state index is -0.208. The van der Waals surface area contributed by atoms with E-state index in [9.17, 15) is 0 Å².